The van der Waals surface area contributed by atoms with Crippen molar-refractivity contribution in [3.8, 4) is 0 Å². The Morgan fingerprint density at radius 2 is 2.00 bits per heavy atom. The molecule has 116 valence electrons. The zero-order valence-electron chi connectivity index (χ0n) is 11.6. The zero-order valence-corrected chi connectivity index (χ0v) is 11.6. The number of rotatable bonds is 1. The summed E-state index contributed by atoms with van der Waals surface area (Å²) in [5.41, 5.74) is -0.400. The normalized spacial score (nSPS) is 20.0. The Hall–Kier alpha value is -1.76. The first-order valence-electron chi connectivity index (χ1n) is 6.71. The number of amides is 2. The van der Waals surface area contributed by atoms with E-state index in [0.29, 0.717) is 25.4 Å². The smallest absolute Gasteiger partial charge is 0.377 e. The number of carbonyl (C=O) groups is 1. The van der Waals surface area contributed by atoms with Gasteiger partial charge in [0.15, 0.2) is 0 Å². The Balaban J connectivity index is 1.99. The van der Waals surface area contributed by atoms with Crippen LogP contribution in [0.2, 0.25) is 0 Å². The number of halogens is 3. The van der Waals surface area contributed by atoms with Gasteiger partial charge in [-0.3, -0.25) is 0 Å². The zero-order chi connectivity index (χ0) is 15.5. The van der Waals surface area contributed by atoms with Crippen LogP contribution in [-0.4, -0.2) is 36.7 Å². The summed E-state index contributed by atoms with van der Waals surface area (Å²) in [4.78, 5) is 13.7. The van der Waals surface area contributed by atoms with Gasteiger partial charge >= 0.3 is 12.2 Å². The highest BCUT2D eigenvalue weighted by molar-refractivity contribution is 5.89. The molecule has 4 nitrogen and oxygen atoms in total. The molecule has 21 heavy (non-hydrogen) atoms. The van der Waals surface area contributed by atoms with Gasteiger partial charge in [0, 0.05) is 25.4 Å². The summed E-state index contributed by atoms with van der Waals surface area (Å²) >= 11 is 0. The third kappa shape index (κ3) is 4.35. The molecule has 1 heterocycles. The lowest BCUT2D eigenvalue weighted by molar-refractivity contribution is -0.137. The van der Waals surface area contributed by atoms with E-state index in [2.05, 4.69) is 5.32 Å². The van der Waals surface area contributed by atoms with Gasteiger partial charge in [0.1, 0.15) is 0 Å². The molecule has 1 atom stereocenters. The van der Waals surface area contributed by atoms with Crippen LogP contribution < -0.4 is 5.32 Å². The SMILES string of the molecule is C[C@@H]1CN(C(=O)Nc2ccc(C(F)(F)F)cc2)CCCO1. The van der Waals surface area contributed by atoms with Gasteiger partial charge < -0.3 is 15.0 Å². The molecule has 1 aromatic carbocycles. The van der Waals surface area contributed by atoms with Crippen LogP contribution in [0.4, 0.5) is 23.7 Å². The number of carbonyl (C=O) groups excluding carboxylic acids is 1. The second-order valence-corrected chi connectivity index (χ2v) is 4.99. The van der Waals surface area contributed by atoms with Crippen molar-refractivity contribution in [2.75, 3.05) is 25.0 Å². The molecule has 2 rings (SSSR count). The molecule has 2 amide bonds. The molecule has 1 N–H and O–H groups in total. The molecule has 0 aromatic heterocycles. The third-order valence-electron chi connectivity index (χ3n) is 3.20. The number of hydrogen-bond acceptors (Lipinski definition) is 2. The number of hydrogen-bond donors (Lipinski definition) is 1. The fraction of sp³-hybridized carbons (Fsp3) is 0.500. The molecule has 1 aliphatic heterocycles. The molecule has 0 unspecified atom stereocenters. The largest absolute Gasteiger partial charge is 0.416 e. The van der Waals surface area contributed by atoms with E-state index in [1.54, 1.807) is 4.90 Å². The maximum Gasteiger partial charge on any atom is 0.416 e. The van der Waals surface area contributed by atoms with Crippen LogP contribution in [0.1, 0.15) is 18.9 Å². The van der Waals surface area contributed by atoms with E-state index in [1.807, 2.05) is 6.92 Å². The minimum Gasteiger partial charge on any atom is -0.377 e. The Labute approximate surface area is 120 Å². The monoisotopic (exact) mass is 302 g/mol. The summed E-state index contributed by atoms with van der Waals surface area (Å²) in [5.74, 6) is 0. The van der Waals surface area contributed by atoms with Gasteiger partial charge in [0.2, 0.25) is 0 Å². The van der Waals surface area contributed by atoms with Crippen LogP contribution >= 0.6 is 0 Å². The van der Waals surface area contributed by atoms with Crippen molar-refractivity contribution in [2.24, 2.45) is 0 Å². The first kappa shape index (κ1) is 15.6. The van der Waals surface area contributed by atoms with Gasteiger partial charge in [-0.2, -0.15) is 13.2 Å². The topological polar surface area (TPSA) is 41.6 Å². The van der Waals surface area contributed by atoms with Gasteiger partial charge in [-0.05, 0) is 37.6 Å². The van der Waals surface area contributed by atoms with Crippen LogP contribution in [0, 0.1) is 0 Å². The van der Waals surface area contributed by atoms with Crippen molar-refractivity contribution in [3.05, 3.63) is 29.8 Å². The molecule has 0 aliphatic carbocycles. The quantitative estimate of drug-likeness (QED) is 0.864. The van der Waals surface area contributed by atoms with Gasteiger partial charge in [0.25, 0.3) is 0 Å². The second kappa shape index (κ2) is 6.34. The first-order chi connectivity index (χ1) is 9.86. The highest BCUT2D eigenvalue weighted by Crippen LogP contribution is 2.29. The Kier molecular flexibility index (Phi) is 4.72. The number of nitrogens with zero attached hydrogens (tertiary/aromatic N) is 1. The maximum absolute atomic E-state index is 12.5. The predicted octanol–water partition coefficient (Wildman–Crippen LogP) is 3.35. The summed E-state index contributed by atoms with van der Waals surface area (Å²) in [7, 11) is 0. The van der Waals surface area contributed by atoms with Crippen molar-refractivity contribution in [3.63, 3.8) is 0 Å². The van der Waals surface area contributed by atoms with Crippen molar-refractivity contribution >= 4 is 11.7 Å². The molecular weight excluding hydrogens is 285 g/mol. The molecule has 0 saturated carbocycles. The van der Waals surface area contributed by atoms with E-state index in [0.717, 1.165) is 18.6 Å². The number of urea groups is 1. The van der Waals surface area contributed by atoms with Crippen molar-refractivity contribution in [2.45, 2.75) is 25.6 Å². The van der Waals surface area contributed by atoms with E-state index in [-0.39, 0.29) is 12.1 Å². The lowest BCUT2D eigenvalue weighted by Gasteiger charge is -2.22. The minimum absolute atomic E-state index is 0.0501. The number of benzene rings is 1. The van der Waals surface area contributed by atoms with Crippen LogP contribution in [0.15, 0.2) is 24.3 Å². The van der Waals surface area contributed by atoms with E-state index >= 15 is 0 Å². The summed E-state index contributed by atoms with van der Waals surface area (Å²) in [6.45, 7) is 3.51. The standard InChI is InChI=1S/C14H17F3N2O2/c1-10-9-19(7-2-8-21-10)13(20)18-12-5-3-11(4-6-12)14(15,16)17/h3-6,10H,2,7-9H2,1H3,(H,18,20)/t10-/m1/s1. The molecule has 1 aliphatic rings. The van der Waals surface area contributed by atoms with Gasteiger partial charge in [-0.25, -0.2) is 4.79 Å². The summed E-state index contributed by atoms with van der Waals surface area (Å²) in [5, 5.41) is 2.60. The number of nitrogens with one attached hydrogen (secondary N) is 1. The average molecular weight is 302 g/mol. The van der Waals surface area contributed by atoms with E-state index in [4.69, 9.17) is 4.74 Å². The van der Waals surface area contributed by atoms with Crippen LogP contribution in [0.5, 0.6) is 0 Å². The van der Waals surface area contributed by atoms with Gasteiger partial charge in [-0.15, -0.1) is 0 Å². The Bertz CT molecular complexity index is 488. The van der Waals surface area contributed by atoms with E-state index < -0.39 is 11.7 Å². The van der Waals surface area contributed by atoms with E-state index in [9.17, 15) is 18.0 Å². The minimum atomic E-state index is -4.37. The molecule has 0 spiro atoms. The fourth-order valence-corrected chi connectivity index (χ4v) is 2.12. The average Bonchev–Trinajstić information content (AvgIpc) is 2.63. The van der Waals surface area contributed by atoms with Gasteiger partial charge in [-0.1, -0.05) is 0 Å². The van der Waals surface area contributed by atoms with Crippen LogP contribution in [0.25, 0.3) is 0 Å². The van der Waals surface area contributed by atoms with Crippen molar-refractivity contribution in [1.82, 2.24) is 4.90 Å². The molecular formula is C14H17F3N2O2. The lowest BCUT2D eigenvalue weighted by Crippen LogP contribution is -2.38. The molecule has 7 heteroatoms. The van der Waals surface area contributed by atoms with Gasteiger partial charge in [0.05, 0.1) is 11.7 Å². The summed E-state index contributed by atoms with van der Waals surface area (Å²) in [6, 6.07) is 4.07. The Morgan fingerprint density at radius 1 is 1.33 bits per heavy atom. The first-order valence-corrected chi connectivity index (χ1v) is 6.71. The molecule has 1 fully saturated rings. The number of ether oxygens (including phenoxy) is 1. The highest BCUT2D eigenvalue weighted by atomic mass is 19.4. The molecule has 0 radical (unpaired) electrons. The third-order valence-corrected chi connectivity index (χ3v) is 3.20. The fourth-order valence-electron chi connectivity index (χ4n) is 2.12. The van der Waals surface area contributed by atoms with Crippen LogP contribution in [-0.2, 0) is 10.9 Å². The highest BCUT2D eigenvalue weighted by Gasteiger charge is 2.30. The van der Waals surface area contributed by atoms with Crippen molar-refractivity contribution < 1.29 is 22.7 Å². The van der Waals surface area contributed by atoms with Crippen molar-refractivity contribution in [1.29, 1.82) is 0 Å². The number of anilines is 1. The molecule has 0 bridgehead atoms. The molecule has 1 aromatic rings. The summed E-state index contributed by atoms with van der Waals surface area (Å²) in [6.07, 6.45) is -3.68. The van der Waals surface area contributed by atoms with E-state index in [1.165, 1.54) is 12.1 Å². The lowest BCUT2D eigenvalue weighted by atomic mass is 10.2. The Morgan fingerprint density at radius 3 is 2.62 bits per heavy atom. The predicted molar refractivity (Wildman–Crippen MR) is 72.1 cm³/mol. The number of alkyl halides is 3. The van der Waals surface area contributed by atoms with Crippen LogP contribution in [0.3, 0.4) is 0 Å². The molecule has 1 saturated heterocycles. The summed E-state index contributed by atoms with van der Waals surface area (Å²) < 4.78 is 42.8. The second-order valence-electron chi connectivity index (χ2n) is 4.99. The maximum atomic E-state index is 12.5.